The van der Waals surface area contributed by atoms with Crippen LogP contribution in [-0.2, 0) is 11.3 Å². The first-order chi connectivity index (χ1) is 9.22. The molecule has 3 nitrogen and oxygen atoms in total. The number of benzene rings is 1. The highest BCUT2D eigenvalue weighted by molar-refractivity contribution is 9.10. The molecule has 0 aliphatic rings. The number of halogens is 1. The van der Waals surface area contributed by atoms with E-state index in [0.29, 0.717) is 0 Å². The van der Waals surface area contributed by atoms with Crippen LogP contribution in [0.1, 0.15) is 26.3 Å². The van der Waals surface area contributed by atoms with Crippen LogP contribution in [0.2, 0.25) is 0 Å². The topological polar surface area (TPSA) is 24.5 Å². The van der Waals surface area contributed by atoms with Gasteiger partial charge in [0, 0.05) is 36.4 Å². The fraction of sp³-hybridized carbons (Fsp3) is 0.600. The standard InChI is InChI=1S/C15H25BrN2O/c1-4-17-12-13-7-8-14(16)11-15(13)18(5-2)9-10-19-6-3/h7-8,11,17H,4-6,9-10,12H2,1-3H3. The summed E-state index contributed by atoms with van der Waals surface area (Å²) in [7, 11) is 0. The minimum absolute atomic E-state index is 0.775. The number of hydrogen-bond acceptors (Lipinski definition) is 3. The highest BCUT2D eigenvalue weighted by Gasteiger charge is 2.10. The Kier molecular flexibility index (Phi) is 8.10. The van der Waals surface area contributed by atoms with Gasteiger partial charge >= 0.3 is 0 Å². The van der Waals surface area contributed by atoms with Gasteiger partial charge in [0.25, 0.3) is 0 Å². The van der Waals surface area contributed by atoms with E-state index >= 15 is 0 Å². The van der Waals surface area contributed by atoms with Crippen molar-refractivity contribution < 1.29 is 4.74 Å². The molecule has 1 aromatic carbocycles. The van der Waals surface area contributed by atoms with Crippen molar-refractivity contribution in [3.8, 4) is 0 Å². The van der Waals surface area contributed by atoms with E-state index in [1.54, 1.807) is 0 Å². The van der Waals surface area contributed by atoms with E-state index < -0.39 is 0 Å². The molecule has 1 aromatic rings. The average Bonchev–Trinajstić information content (AvgIpc) is 2.42. The van der Waals surface area contributed by atoms with Gasteiger partial charge in [-0.25, -0.2) is 0 Å². The molecule has 0 spiro atoms. The molecule has 0 saturated heterocycles. The molecule has 108 valence electrons. The molecule has 0 saturated carbocycles. The number of nitrogens with zero attached hydrogens (tertiary/aromatic N) is 1. The first kappa shape index (κ1) is 16.5. The fourth-order valence-electron chi connectivity index (χ4n) is 2.01. The van der Waals surface area contributed by atoms with Crippen LogP contribution in [0.25, 0.3) is 0 Å². The fourth-order valence-corrected chi connectivity index (χ4v) is 2.36. The van der Waals surface area contributed by atoms with Crippen molar-refractivity contribution in [1.82, 2.24) is 5.32 Å². The van der Waals surface area contributed by atoms with Crippen LogP contribution in [0.5, 0.6) is 0 Å². The molecule has 0 fully saturated rings. The predicted octanol–water partition coefficient (Wildman–Crippen LogP) is 3.42. The van der Waals surface area contributed by atoms with Crippen LogP contribution in [-0.4, -0.2) is 32.8 Å². The third-order valence-corrected chi connectivity index (χ3v) is 3.54. The van der Waals surface area contributed by atoms with Gasteiger partial charge in [0.15, 0.2) is 0 Å². The quantitative estimate of drug-likeness (QED) is 0.703. The van der Waals surface area contributed by atoms with Crippen LogP contribution in [0.3, 0.4) is 0 Å². The van der Waals surface area contributed by atoms with Crippen molar-refractivity contribution in [3.63, 3.8) is 0 Å². The SMILES string of the molecule is CCNCc1ccc(Br)cc1N(CC)CCOCC. The lowest BCUT2D eigenvalue weighted by Gasteiger charge is -2.26. The summed E-state index contributed by atoms with van der Waals surface area (Å²) in [5, 5.41) is 3.40. The third-order valence-electron chi connectivity index (χ3n) is 3.04. The number of likely N-dealkylation sites (N-methyl/N-ethyl adjacent to an activating group) is 1. The van der Waals surface area contributed by atoms with Crippen molar-refractivity contribution in [3.05, 3.63) is 28.2 Å². The van der Waals surface area contributed by atoms with E-state index in [9.17, 15) is 0 Å². The Morgan fingerprint density at radius 1 is 1.26 bits per heavy atom. The Hall–Kier alpha value is -0.580. The second kappa shape index (κ2) is 9.34. The second-order valence-corrected chi connectivity index (χ2v) is 5.25. The van der Waals surface area contributed by atoms with Crippen LogP contribution in [0.4, 0.5) is 5.69 Å². The number of anilines is 1. The van der Waals surface area contributed by atoms with E-state index in [4.69, 9.17) is 4.74 Å². The Balaban J connectivity index is 2.83. The minimum atomic E-state index is 0.775. The molecule has 0 aliphatic carbocycles. The lowest BCUT2D eigenvalue weighted by Crippen LogP contribution is -2.29. The van der Waals surface area contributed by atoms with E-state index in [0.717, 1.165) is 43.9 Å². The molecule has 0 aromatic heterocycles. The summed E-state index contributed by atoms with van der Waals surface area (Å²) in [4.78, 5) is 2.37. The Bertz CT molecular complexity index is 371. The zero-order chi connectivity index (χ0) is 14.1. The maximum Gasteiger partial charge on any atom is 0.0641 e. The maximum atomic E-state index is 5.47. The summed E-state index contributed by atoms with van der Waals surface area (Å²) in [5.74, 6) is 0. The Labute approximate surface area is 125 Å². The molecular weight excluding hydrogens is 304 g/mol. The predicted molar refractivity (Wildman–Crippen MR) is 85.9 cm³/mol. The summed E-state index contributed by atoms with van der Waals surface area (Å²) in [6, 6.07) is 6.49. The molecule has 19 heavy (non-hydrogen) atoms. The van der Waals surface area contributed by atoms with Gasteiger partial charge in [0.2, 0.25) is 0 Å². The molecule has 0 bridgehead atoms. The Morgan fingerprint density at radius 2 is 2.05 bits per heavy atom. The first-order valence-electron chi connectivity index (χ1n) is 7.04. The summed E-state index contributed by atoms with van der Waals surface area (Å²) in [6.07, 6.45) is 0. The largest absolute Gasteiger partial charge is 0.380 e. The second-order valence-electron chi connectivity index (χ2n) is 4.33. The molecular formula is C15H25BrN2O. The van der Waals surface area contributed by atoms with Crippen molar-refractivity contribution in [1.29, 1.82) is 0 Å². The van der Waals surface area contributed by atoms with E-state index in [2.05, 4.69) is 58.2 Å². The molecule has 0 radical (unpaired) electrons. The van der Waals surface area contributed by atoms with E-state index in [-0.39, 0.29) is 0 Å². The molecule has 0 heterocycles. The monoisotopic (exact) mass is 328 g/mol. The number of hydrogen-bond donors (Lipinski definition) is 1. The number of ether oxygens (including phenoxy) is 1. The van der Waals surface area contributed by atoms with E-state index in [1.165, 1.54) is 11.3 Å². The average molecular weight is 329 g/mol. The molecule has 4 heteroatoms. The molecule has 0 aliphatic heterocycles. The molecule has 1 N–H and O–H groups in total. The normalized spacial score (nSPS) is 10.7. The van der Waals surface area contributed by atoms with Gasteiger partial charge in [-0.2, -0.15) is 0 Å². The first-order valence-corrected chi connectivity index (χ1v) is 7.84. The van der Waals surface area contributed by atoms with Crippen molar-refractivity contribution in [2.75, 3.05) is 37.7 Å². The van der Waals surface area contributed by atoms with Gasteiger partial charge in [-0.15, -0.1) is 0 Å². The van der Waals surface area contributed by atoms with Crippen LogP contribution < -0.4 is 10.2 Å². The smallest absolute Gasteiger partial charge is 0.0641 e. The zero-order valence-corrected chi connectivity index (χ0v) is 13.8. The molecule has 0 atom stereocenters. The summed E-state index contributed by atoms with van der Waals surface area (Å²) >= 11 is 3.57. The summed E-state index contributed by atoms with van der Waals surface area (Å²) < 4.78 is 6.59. The zero-order valence-electron chi connectivity index (χ0n) is 12.2. The maximum absolute atomic E-state index is 5.47. The van der Waals surface area contributed by atoms with Crippen LogP contribution in [0.15, 0.2) is 22.7 Å². The summed E-state index contributed by atoms with van der Waals surface area (Å²) in [5.41, 5.74) is 2.63. The van der Waals surface area contributed by atoms with Gasteiger partial charge in [-0.05, 0) is 38.1 Å². The minimum Gasteiger partial charge on any atom is -0.380 e. The van der Waals surface area contributed by atoms with Crippen LogP contribution in [0, 0.1) is 0 Å². The molecule has 0 amide bonds. The van der Waals surface area contributed by atoms with Crippen molar-refractivity contribution in [2.24, 2.45) is 0 Å². The lowest BCUT2D eigenvalue weighted by molar-refractivity contribution is 0.154. The molecule has 0 unspecified atom stereocenters. The van der Waals surface area contributed by atoms with Gasteiger partial charge in [0.05, 0.1) is 6.61 Å². The van der Waals surface area contributed by atoms with Gasteiger partial charge in [0.1, 0.15) is 0 Å². The molecule has 1 rings (SSSR count). The highest BCUT2D eigenvalue weighted by atomic mass is 79.9. The van der Waals surface area contributed by atoms with Crippen molar-refractivity contribution in [2.45, 2.75) is 27.3 Å². The lowest BCUT2D eigenvalue weighted by atomic mass is 10.1. The van der Waals surface area contributed by atoms with Crippen LogP contribution >= 0.6 is 15.9 Å². The van der Waals surface area contributed by atoms with Crippen molar-refractivity contribution >= 4 is 21.6 Å². The van der Waals surface area contributed by atoms with Gasteiger partial charge in [-0.1, -0.05) is 28.9 Å². The number of nitrogens with one attached hydrogen (secondary N) is 1. The highest BCUT2D eigenvalue weighted by Crippen LogP contribution is 2.25. The van der Waals surface area contributed by atoms with E-state index in [1.807, 2.05) is 6.92 Å². The summed E-state index contributed by atoms with van der Waals surface area (Å²) in [6.45, 7) is 11.7. The third kappa shape index (κ3) is 5.51. The Morgan fingerprint density at radius 3 is 2.68 bits per heavy atom. The number of rotatable bonds is 9. The van der Waals surface area contributed by atoms with Gasteiger partial charge in [-0.3, -0.25) is 0 Å². The van der Waals surface area contributed by atoms with Gasteiger partial charge < -0.3 is 15.0 Å².